The van der Waals surface area contributed by atoms with E-state index in [9.17, 15) is 5.11 Å². The topological polar surface area (TPSA) is 20.2 Å². The van der Waals surface area contributed by atoms with Crippen molar-refractivity contribution in [2.75, 3.05) is 0 Å². The summed E-state index contributed by atoms with van der Waals surface area (Å²) in [5.41, 5.74) is 1.05. The van der Waals surface area contributed by atoms with Gasteiger partial charge in [0, 0.05) is 4.88 Å². The smallest absolute Gasteiger partial charge is 0.0766 e. The highest BCUT2D eigenvalue weighted by atomic mass is 32.1. The van der Waals surface area contributed by atoms with Gasteiger partial charge >= 0.3 is 0 Å². The summed E-state index contributed by atoms with van der Waals surface area (Å²) in [6.45, 7) is 4.72. The van der Waals surface area contributed by atoms with Gasteiger partial charge in [0.2, 0.25) is 0 Å². The van der Waals surface area contributed by atoms with Crippen LogP contribution in [-0.4, -0.2) is 13.2 Å². The zero-order valence-corrected chi connectivity index (χ0v) is 12.8. The number of hydrogen-bond donors (Lipinski definition) is 1. The van der Waals surface area contributed by atoms with Crippen molar-refractivity contribution in [3.63, 3.8) is 0 Å². The van der Waals surface area contributed by atoms with Gasteiger partial charge in [0.05, 0.1) is 14.2 Å². The lowest BCUT2D eigenvalue weighted by Gasteiger charge is -2.25. The van der Waals surface area contributed by atoms with Gasteiger partial charge in [0.15, 0.2) is 0 Å². The molecule has 0 saturated carbocycles. The average Bonchev–Trinajstić information content (AvgIpc) is 2.81. The van der Waals surface area contributed by atoms with Crippen molar-refractivity contribution in [1.29, 1.82) is 0 Å². The lowest BCUT2D eigenvalue weighted by molar-refractivity contribution is 0.197. The van der Waals surface area contributed by atoms with E-state index >= 15 is 0 Å². The Bertz CT molecular complexity index is 465. The Balaban J connectivity index is 1.99. The SMILES string of the molecule is C[Si](C)(Cc1cccs1)CC(O)c1ccccc1. The molecule has 18 heavy (non-hydrogen) atoms. The van der Waals surface area contributed by atoms with E-state index in [0.29, 0.717) is 0 Å². The number of aliphatic hydroxyl groups excluding tert-OH is 1. The third-order valence-electron chi connectivity index (χ3n) is 3.16. The molecule has 1 aromatic heterocycles. The maximum atomic E-state index is 10.3. The minimum absolute atomic E-state index is 0.312. The van der Waals surface area contributed by atoms with Crippen LogP contribution in [0, 0.1) is 0 Å². The molecule has 1 heterocycles. The van der Waals surface area contributed by atoms with E-state index < -0.39 is 8.07 Å². The Hall–Kier alpha value is -0.903. The quantitative estimate of drug-likeness (QED) is 0.809. The van der Waals surface area contributed by atoms with E-state index in [2.05, 4.69) is 30.6 Å². The molecule has 1 N–H and O–H groups in total. The van der Waals surface area contributed by atoms with Gasteiger partial charge in [0.25, 0.3) is 0 Å². The summed E-state index contributed by atoms with van der Waals surface area (Å²) in [4.78, 5) is 1.45. The highest BCUT2D eigenvalue weighted by Crippen LogP contribution is 2.27. The summed E-state index contributed by atoms with van der Waals surface area (Å²) in [7, 11) is -1.39. The monoisotopic (exact) mass is 276 g/mol. The molecule has 1 nitrogen and oxygen atoms in total. The number of rotatable bonds is 5. The Morgan fingerprint density at radius 1 is 1.11 bits per heavy atom. The van der Waals surface area contributed by atoms with Crippen LogP contribution in [0.5, 0.6) is 0 Å². The standard InChI is InChI=1S/C15H20OSSi/c1-18(2,11-14-9-6-10-17-14)12-15(16)13-7-4-3-5-8-13/h3-10,15-16H,11-12H2,1-2H3. The molecule has 2 rings (SSSR count). The first-order chi connectivity index (χ1) is 8.57. The second kappa shape index (κ2) is 5.82. The normalized spacial score (nSPS) is 13.5. The van der Waals surface area contributed by atoms with E-state index in [1.54, 1.807) is 0 Å². The van der Waals surface area contributed by atoms with Gasteiger partial charge < -0.3 is 5.11 Å². The van der Waals surface area contributed by atoms with Crippen LogP contribution in [0.15, 0.2) is 47.8 Å². The molecule has 0 amide bonds. The van der Waals surface area contributed by atoms with Crippen LogP contribution in [0.2, 0.25) is 19.1 Å². The minimum atomic E-state index is -1.39. The van der Waals surface area contributed by atoms with Crippen molar-refractivity contribution < 1.29 is 5.11 Å². The number of aliphatic hydroxyl groups is 1. The highest BCUT2D eigenvalue weighted by molar-refractivity contribution is 7.10. The van der Waals surface area contributed by atoms with Crippen LogP contribution in [0.4, 0.5) is 0 Å². The summed E-state index contributed by atoms with van der Waals surface area (Å²) in [5, 5.41) is 12.5. The minimum Gasteiger partial charge on any atom is -0.389 e. The molecule has 0 aliphatic carbocycles. The number of thiophene rings is 1. The highest BCUT2D eigenvalue weighted by Gasteiger charge is 2.25. The van der Waals surface area contributed by atoms with Crippen LogP contribution >= 0.6 is 11.3 Å². The second-order valence-electron chi connectivity index (χ2n) is 5.55. The fourth-order valence-electron chi connectivity index (χ4n) is 2.27. The molecular formula is C15H20OSSi. The third kappa shape index (κ3) is 3.80. The van der Waals surface area contributed by atoms with Crippen LogP contribution < -0.4 is 0 Å². The van der Waals surface area contributed by atoms with Crippen molar-refractivity contribution in [2.45, 2.75) is 31.3 Å². The summed E-state index contributed by atoms with van der Waals surface area (Å²) >= 11 is 1.83. The molecule has 0 saturated heterocycles. The van der Waals surface area contributed by atoms with Gasteiger partial charge in [-0.1, -0.05) is 49.5 Å². The lowest BCUT2D eigenvalue weighted by Crippen LogP contribution is -2.31. The molecule has 3 heteroatoms. The predicted octanol–water partition coefficient (Wildman–Crippen LogP) is 4.27. The largest absolute Gasteiger partial charge is 0.389 e. The molecule has 2 aromatic rings. The molecule has 1 aromatic carbocycles. The van der Waals surface area contributed by atoms with Gasteiger partial charge in [-0.05, 0) is 29.1 Å². The van der Waals surface area contributed by atoms with Gasteiger partial charge in [-0.3, -0.25) is 0 Å². The summed E-state index contributed by atoms with van der Waals surface area (Å²) < 4.78 is 0. The first kappa shape index (κ1) is 13.5. The van der Waals surface area contributed by atoms with E-state index in [0.717, 1.165) is 17.7 Å². The lowest BCUT2D eigenvalue weighted by atomic mass is 10.1. The molecule has 0 radical (unpaired) electrons. The maximum Gasteiger partial charge on any atom is 0.0766 e. The van der Waals surface area contributed by atoms with E-state index in [1.165, 1.54) is 4.88 Å². The summed E-state index contributed by atoms with van der Waals surface area (Å²) in [6.07, 6.45) is -0.312. The van der Waals surface area contributed by atoms with Gasteiger partial charge in [-0.2, -0.15) is 0 Å². The van der Waals surface area contributed by atoms with Crippen molar-refractivity contribution in [3.8, 4) is 0 Å². The fraction of sp³-hybridized carbons (Fsp3) is 0.333. The molecule has 0 aliphatic rings. The molecular weight excluding hydrogens is 256 g/mol. The summed E-state index contributed by atoms with van der Waals surface area (Å²) in [6, 6.07) is 16.4. The van der Waals surface area contributed by atoms with Crippen molar-refractivity contribution in [1.82, 2.24) is 0 Å². The van der Waals surface area contributed by atoms with Crippen LogP contribution in [0.1, 0.15) is 16.5 Å². The van der Waals surface area contributed by atoms with Gasteiger partial charge in [-0.25, -0.2) is 0 Å². The fourth-order valence-corrected chi connectivity index (χ4v) is 6.76. The average molecular weight is 276 g/mol. The number of benzene rings is 1. The molecule has 1 unspecified atom stereocenters. The van der Waals surface area contributed by atoms with E-state index in [1.807, 2.05) is 41.7 Å². The Kier molecular flexibility index (Phi) is 4.38. The molecule has 1 atom stereocenters. The van der Waals surface area contributed by atoms with Crippen molar-refractivity contribution in [2.24, 2.45) is 0 Å². The Labute approximate surface area is 114 Å². The molecule has 0 aliphatic heterocycles. The van der Waals surface area contributed by atoms with Crippen molar-refractivity contribution >= 4 is 19.4 Å². The Morgan fingerprint density at radius 3 is 2.44 bits per heavy atom. The zero-order valence-electron chi connectivity index (χ0n) is 11.0. The molecule has 96 valence electrons. The number of hydrogen-bond acceptors (Lipinski definition) is 2. The van der Waals surface area contributed by atoms with Crippen LogP contribution in [0.25, 0.3) is 0 Å². The first-order valence-electron chi connectivity index (χ1n) is 6.32. The van der Waals surface area contributed by atoms with Crippen LogP contribution in [-0.2, 0) is 6.04 Å². The molecule has 0 bridgehead atoms. The van der Waals surface area contributed by atoms with Crippen molar-refractivity contribution in [3.05, 3.63) is 58.3 Å². The van der Waals surface area contributed by atoms with E-state index in [-0.39, 0.29) is 6.10 Å². The first-order valence-corrected chi connectivity index (χ1v) is 10.6. The van der Waals surface area contributed by atoms with Gasteiger partial charge in [-0.15, -0.1) is 11.3 Å². The third-order valence-corrected chi connectivity index (χ3v) is 7.13. The molecule has 0 fully saturated rings. The van der Waals surface area contributed by atoms with E-state index in [4.69, 9.17) is 0 Å². The Morgan fingerprint density at radius 2 is 1.83 bits per heavy atom. The predicted molar refractivity (Wildman–Crippen MR) is 81.7 cm³/mol. The summed E-state index contributed by atoms with van der Waals surface area (Å²) in [5.74, 6) is 0. The zero-order chi connectivity index (χ0) is 13.0. The maximum absolute atomic E-state index is 10.3. The molecule has 0 spiro atoms. The van der Waals surface area contributed by atoms with Gasteiger partial charge in [0.1, 0.15) is 0 Å². The second-order valence-corrected chi connectivity index (χ2v) is 11.7. The van der Waals surface area contributed by atoms with Crippen LogP contribution in [0.3, 0.4) is 0 Å².